The number of pyridine rings is 1. The van der Waals surface area contributed by atoms with Gasteiger partial charge in [-0.15, -0.1) is 0 Å². The number of rotatable bonds is 14. The average molecular weight is 783 g/mol. The van der Waals surface area contributed by atoms with Gasteiger partial charge in [0.15, 0.2) is 0 Å². The zero-order valence-corrected chi connectivity index (χ0v) is 31.2. The number of amides is 3. The number of para-hydroxylation sites is 1. The van der Waals surface area contributed by atoms with Crippen LogP contribution in [-0.2, 0) is 17.4 Å². The van der Waals surface area contributed by atoms with E-state index in [1.807, 2.05) is 35.1 Å². The van der Waals surface area contributed by atoms with Gasteiger partial charge in [0.1, 0.15) is 28.6 Å². The number of Topliss-reactive ketones (excluding diaryl/α,β-unsaturated/α-hetero) is 1. The SMILES string of the molecule is COc1cc2nn(C3CCC(CNCCCCCc4ccccc4Oc4cccc5c4C(=O)NC(=O)C5=O)CC3)cc2cc1NC(=O)c1cccc(C(F)(F)F)n1. The van der Waals surface area contributed by atoms with Gasteiger partial charge in [0.25, 0.3) is 23.5 Å². The van der Waals surface area contributed by atoms with E-state index in [1.165, 1.54) is 19.2 Å². The second-order valence-corrected chi connectivity index (χ2v) is 14.3. The first-order valence-corrected chi connectivity index (χ1v) is 18.9. The second kappa shape index (κ2) is 17.0. The van der Waals surface area contributed by atoms with Crippen molar-refractivity contribution in [1.82, 2.24) is 25.4 Å². The van der Waals surface area contributed by atoms with Gasteiger partial charge in [0.2, 0.25) is 0 Å². The predicted molar refractivity (Wildman–Crippen MR) is 205 cm³/mol. The Bertz CT molecular complexity index is 2320. The number of unbranched alkanes of at least 4 members (excludes halogenated alkanes) is 2. The smallest absolute Gasteiger partial charge is 0.433 e. The normalized spacial score (nSPS) is 16.9. The van der Waals surface area contributed by atoms with E-state index in [-0.39, 0.29) is 28.6 Å². The number of ketones is 1. The number of nitrogens with zero attached hydrogens (tertiary/aromatic N) is 3. The number of alkyl halides is 3. The van der Waals surface area contributed by atoms with E-state index < -0.39 is 35.4 Å². The zero-order chi connectivity index (χ0) is 40.1. The molecule has 15 heteroatoms. The summed E-state index contributed by atoms with van der Waals surface area (Å²) in [6.07, 6.45) is 5.05. The summed E-state index contributed by atoms with van der Waals surface area (Å²) in [6, 6.07) is 19.1. The van der Waals surface area contributed by atoms with Crippen molar-refractivity contribution in [3.05, 3.63) is 107 Å². The number of halogens is 3. The van der Waals surface area contributed by atoms with Crippen LogP contribution < -0.4 is 25.4 Å². The number of carbonyl (C=O) groups excluding carboxylic acids is 4. The van der Waals surface area contributed by atoms with Crippen LogP contribution in [0, 0.1) is 5.92 Å². The molecule has 1 aliphatic heterocycles. The first-order chi connectivity index (χ1) is 27.5. The molecule has 0 saturated heterocycles. The number of aryl methyl sites for hydroxylation is 1. The van der Waals surface area contributed by atoms with Crippen LogP contribution in [0.15, 0.2) is 79.0 Å². The standard InChI is InChI=1S/C42H41F3N6O6/c1-56-35-22-31-27(21-32(35)48-39(53)30-12-8-15-36(47-30)42(43,44)45)24-51(50-31)28-18-16-25(17-19-28)23-46-20-6-2-3-9-26-10-4-5-13-33(26)57-34-14-7-11-29-37(34)40(54)49-41(55)38(29)52/h4-5,7-8,10-15,21-22,24-25,28,46H,2-3,6,9,16-20,23H2,1H3,(H,48,53)(H,49,54,55). The number of imide groups is 1. The van der Waals surface area contributed by atoms with Crippen LogP contribution in [0.5, 0.6) is 17.2 Å². The van der Waals surface area contributed by atoms with Gasteiger partial charge in [-0.2, -0.15) is 18.3 Å². The van der Waals surface area contributed by atoms with Crippen molar-refractivity contribution in [2.75, 3.05) is 25.5 Å². The van der Waals surface area contributed by atoms with E-state index >= 15 is 0 Å². The minimum Gasteiger partial charge on any atom is -0.494 e. The Kier molecular flexibility index (Phi) is 11.6. The third kappa shape index (κ3) is 8.99. The molecule has 0 spiro atoms. The zero-order valence-electron chi connectivity index (χ0n) is 31.2. The second-order valence-electron chi connectivity index (χ2n) is 14.3. The van der Waals surface area contributed by atoms with Crippen molar-refractivity contribution in [3.8, 4) is 17.2 Å². The first kappa shape index (κ1) is 39.2. The number of nitrogens with one attached hydrogen (secondary N) is 3. The third-order valence-electron chi connectivity index (χ3n) is 10.4. The largest absolute Gasteiger partial charge is 0.494 e. The Hall–Kier alpha value is -6.09. The molecule has 1 aliphatic carbocycles. The summed E-state index contributed by atoms with van der Waals surface area (Å²) in [6.45, 7) is 1.85. The van der Waals surface area contributed by atoms with Crippen LogP contribution in [0.4, 0.5) is 18.9 Å². The van der Waals surface area contributed by atoms with Gasteiger partial charge in [-0.25, -0.2) is 4.98 Å². The molecule has 7 rings (SSSR count). The van der Waals surface area contributed by atoms with E-state index in [1.54, 1.807) is 24.3 Å². The molecule has 2 aromatic heterocycles. The van der Waals surface area contributed by atoms with Crippen LogP contribution in [0.25, 0.3) is 10.9 Å². The van der Waals surface area contributed by atoms with Crippen molar-refractivity contribution in [3.63, 3.8) is 0 Å². The molecule has 1 saturated carbocycles. The Morgan fingerprint density at radius 2 is 1.67 bits per heavy atom. The quantitative estimate of drug-likeness (QED) is 0.0585. The fourth-order valence-electron chi connectivity index (χ4n) is 7.41. The fourth-order valence-corrected chi connectivity index (χ4v) is 7.41. The minimum absolute atomic E-state index is 0.0367. The molecule has 1 fully saturated rings. The summed E-state index contributed by atoms with van der Waals surface area (Å²) in [4.78, 5) is 53.0. The van der Waals surface area contributed by atoms with Crippen molar-refractivity contribution < 1.29 is 41.8 Å². The lowest BCUT2D eigenvalue weighted by molar-refractivity contribution is -0.141. The lowest BCUT2D eigenvalue weighted by Gasteiger charge is -2.28. The van der Waals surface area contributed by atoms with Crippen molar-refractivity contribution in [2.45, 2.75) is 63.6 Å². The highest BCUT2D eigenvalue weighted by molar-refractivity contribution is 6.49. The summed E-state index contributed by atoms with van der Waals surface area (Å²) >= 11 is 0. The topological polar surface area (TPSA) is 154 Å². The number of benzene rings is 3. The molecule has 5 aromatic rings. The number of hydrogen-bond acceptors (Lipinski definition) is 9. The molecular weight excluding hydrogens is 741 g/mol. The molecule has 0 atom stereocenters. The highest BCUT2D eigenvalue weighted by Crippen LogP contribution is 2.36. The molecule has 296 valence electrons. The number of anilines is 1. The van der Waals surface area contributed by atoms with Crippen LogP contribution in [-0.4, -0.2) is 58.5 Å². The van der Waals surface area contributed by atoms with Crippen LogP contribution >= 0.6 is 0 Å². The number of fused-ring (bicyclic) bond motifs is 2. The van der Waals surface area contributed by atoms with Gasteiger partial charge in [0, 0.05) is 23.2 Å². The van der Waals surface area contributed by atoms with Crippen LogP contribution in [0.1, 0.15) is 93.4 Å². The van der Waals surface area contributed by atoms with Gasteiger partial charge >= 0.3 is 6.18 Å². The Morgan fingerprint density at radius 1 is 0.895 bits per heavy atom. The number of aromatic nitrogens is 3. The van der Waals surface area contributed by atoms with Crippen LogP contribution in [0.3, 0.4) is 0 Å². The van der Waals surface area contributed by atoms with Gasteiger partial charge < -0.3 is 20.1 Å². The van der Waals surface area contributed by atoms with Gasteiger partial charge in [-0.1, -0.05) is 36.8 Å². The highest BCUT2D eigenvalue weighted by Gasteiger charge is 2.34. The highest BCUT2D eigenvalue weighted by atomic mass is 19.4. The van der Waals surface area contributed by atoms with Crippen LogP contribution in [0.2, 0.25) is 0 Å². The van der Waals surface area contributed by atoms with Crippen molar-refractivity contribution in [2.24, 2.45) is 5.92 Å². The Balaban J connectivity index is 0.848. The summed E-state index contributed by atoms with van der Waals surface area (Å²) in [5.74, 6) is -1.43. The van der Waals surface area contributed by atoms with Crippen molar-refractivity contribution in [1.29, 1.82) is 0 Å². The molecule has 0 radical (unpaired) electrons. The van der Waals surface area contributed by atoms with E-state index in [2.05, 4.69) is 20.9 Å². The lowest BCUT2D eigenvalue weighted by Crippen LogP contribution is -2.42. The molecule has 2 aliphatic rings. The first-order valence-electron chi connectivity index (χ1n) is 18.9. The molecule has 57 heavy (non-hydrogen) atoms. The number of ether oxygens (including phenoxy) is 2. The van der Waals surface area contributed by atoms with E-state index in [0.29, 0.717) is 28.6 Å². The summed E-state index contributed by atoms with van der Waals surface area (Å²) in [5, 5.41) is 13.9. The Labute approximate surface area is 326 Å². The monoisotopic (exact) mass is 782 g/mol. The van der Waals surface area contributed by atoms with Gasteiger partial charge in [-0.3, -0.25) is 29.2 Å². The summed E-state index contributed by atoms with van der Waals surface area (Å²) < 4.78 is 53.0. The number of hydrogen-bond donors (Lipinski definition) is 3. The third-order valence-corrected chi connectivity index (χ3v) is 10.4. The molecule has 0 unspecified atom stereocenters. The van der Waals surface area contributed by atoms with E-state index in [9.17, 15) is 32.3 Å². The van der Waals surface area contributed by atoms with Gasteiger partial charge in [-0.05, 0) is 106 Å². The molecule has 3 heterocycles. The number of methoxy groups -OCH3 is 1. The number of carbonyl (C=O) groups is 4. The molecule has 12 nitrogen and oxygen atoms in total. The maximum atomic E-state index is 13.1. The fraction of sp³-hybridized carbons (Fsp3) is 0.333. The average Bonchev–Trinajstić information content (AvgIpc) is 3.62. The van der Waals surface area contributed by atoms with E-state index in [0.717, 1.165) is 87.5 Å². The molecule has 0 bridgehead atoms. The molecule has 3 amide bonds. The lowest BCUT2D eigenvalue weighted by atomic mass is 9.86. The Morgan fingerprint density at radius 3 is 2.46 bits per heavy atom. The van der Waals surface area contributed by atoms with E-state index in [4.69, 9.17) is 14.6 Å². The molecular formula is C42H41F3N6O6. The molecule has 3 N–H and O–H groups in total. The summed E-state index contributed by atoms with van der Waals surface area (Å²) in [7, 11) is 1.45. The molecule has 3 aromatic carbocycles. The predicted octanol–water partition coefficient (Wildman–Crippen LogP) is 7.69. The van der Waals surface area contributed by atoms with Crippen molar-refractivity contribution >= 4 is 40.1 Å². The summed E-state index contributed by atoms with van der Waals surface area (Å²) in [5.41, 5.74) is 0.569. The maximum absolute atomic E-state index is 13.1. The maximum Gasteiger partial charge on any atom is 0.433 e. The van der Waals surface area contributed by atoms with Gasteiger partial charge in [0.05, 0.1) is 29.9 Å². The minimum atomic E-state index is -4.67.